The van der Waals surface area contributed by atoms with Crippen molar-refractivity contribution in [2.24, 2.45) is 10.7 Å². The molecule has 0 unspecified atom stereocenters. The summed E-state index contributed by atoms with van der Waals surface area (Å²) in [5, 5.41) is 9.95. The zero-order valence-electron chi connectivity index (χ0n) is 34.6. The minimum atomic E-state index is 0.492. The maximum atomic E-state index is 6.63. The number of hydrogen-bond donors (Lipinski definition) is 1. The molecule has 10 rings (SSSR count). The number of nitrogens with two attached hydrogens (primary N) is 1. The quantitative estimate of drug-likeness (QED) is 0.0710. The van der Waals surface area contributed by atoms with E-state index in [0.29, 0.717) is 5.84 Å². The van der Waals surface area contributed by atoms with E-state index < -0.39 is 0 Å². The molecule has 2 heterocycles. The second kappa shape index (κ2) is 16.4. The molecule has 0 bridgehead atoms. The van der Waals surface area contributed by atoms with Crippen molar-refractivity contribution in [3.8, 4) is 11.4 Å². The maximum absolute atomic E-state index is 6.63. The van der Waals surface area contributed by atoms with Crippen LogP contribution < -0.4 is 5.73 Å². The van der Waals surface area contributed by atoms with Crippen LogP contribution in [0.25, 0.3) is 82.2 Å². The molecule has 0 saturated heterocycles. The van der Waals surface area contributed by atoms with Gasteiger partial charge in [0.2, 0.25) is 0 Å². The average molecular weight is 777 g/mol. The molecular formula is C56H48N4. The van der Waals surface area contributed by atoms with Crippen LogP contribution in [0.1, 0.15) is 45.2 Å². The number of rotatable bonds is 8. The van der Waals surface area contributed by atoms with Crippen LogP contribution in [0.4, 0.5) is 0 Å². The van der Waals surface area contributed by atoms with Crippen molar-refractivity contribution in [2.75, 3.05) is 0 Å². The first kappa shape index (κ1) is 38.1. The number of allylic oxidation sites excluding steroid dienone is 5. The summed E-state index contributed by atoms with van der Waals surface area (Å²) in [7, 11) is 0. The number of aromatic nitrogens is 2. The van der Waals surface area contributed by atoms with Gasteiger partial charge in [0.1, 0.15) is 5.84 Å². The summed E-state index contributed by atoms with van der Waals surface area (Å²) < 4.78 is 4.84. The molecular weight excluding hydrogens is 729 g/mol. The lowest BCUT2D eigenvalue weighted by Gasteiger charge is -2.13. The summed E-state index contributed by atoms with van der Waals surface area (Å²) in [5.74, 6) is 0.492. The first-order valence-corrected chi connectivity index (χ1v) is 21.0. The topological polar surface area (TPSA) is 48.2 Å². The molecule has 0 amide bonds. The predicted octanol–water partition coefficient (Wildman–Crippen LogP) is 14.9. The van der Waals surface area contributed by atoms with Gasteiger partial charge in [-0.15, -0.1) is 0 Å². The van der Waals surface area contributed by atoms with E-state index >= 15 is 0 Å². The third-order valence-electron chi connectivity index (χ3n) is 11.5. The molecule has 292 valence electrons. The van der Waals surface area contributed by atoms with Gasteiger partial charge >= 0.3 is 0 Å². The van der Waals surface area contributed by atoms with E-state index in [2.05, 4.69) is 180 Å². The number of nitrogens with zero attached hydrogens (tertiary/aromatic N) is 3. The molecule has 0 saturated carbocycles. The third kappa shape index (κ3) is 6.57. The predicted molar refractivity (Wildman–Crippen MR) is 260 cm³/mol. The van der Waals surface area contributed by atoms with Crippen LogP contribution in [0.5, 0.6) is 0 Å². The highest BCUT2D eigenvalue weighted by Gasteiger charge is 2.20. The van der Waals surface area contributed by atoms with E-state index in [1.165, 1.54) is 70.7 Å². The van der Waals surface area contributed by atoms with Gasteiger partial charge < -0.3 is 14.9 Å². The Kier molecular flexibility index (Phi) is 10.4. The monoisotopic (exact) mass is 776 g/mol. The van der Waals surface area contributed by atoms with Crippen LogP contribution in [0.15, 0.2) is 205 Å². The van der Waals surface area contributed by atoms with E-state index in [9.17, 15) is 0 Å². The largest absolute Gasteiger partial charge is 0.383 e. The van der Waals surface area contributed by atoms with Gasteiger partial charge in [0.05, 0.1) is 27.8 Å². The molecule has 0 radical (unpaired) electrons. The van der Waals surface area contributed by atoms with Gasteiger partial charge in [0.15, 0.2) is 0 Å². The molecule has 0 aliphatic carbocycles. The summed E-state index contributed by atoms with van der Waals surface area (Å²) in [6, 6.07) is 60.9. The standard InChI is InChI=1S/C54H42N4.C2H6/c1-3-15-36(4-2)24-34-47(56-54(55)39-16-7-5-8-17-39)37-25-29-41(30-26-37)58-48-22-13-11-20-42(48)44-33-32-43-45(53(44)58)31-27-38-28-35-50-52(51(38)43)46-21-12-14-23-49(46)57(50)40-18-9-6-10-19-40;1-2/h3-23,25-35H,24H2,1-2H3,(H2,55,56);1-2H3/b15-3-,36-4+,47-34-;. The van der Waals surface area contributed by atoms with Crippen LogP contribution in [0, 0.1) is 0 Å². The number of benzene rings is 8. The van der Waals surface area contributed by atoms with Gasteiger partial charge in [-0.05, 0) is 84.5 Å². The van der Waals surface area contributed by atoms with Crippen LogP contribution in [0.3, 0.4) is 0 Å². The lowest BCUT2D eigenvalue weighted by molar-refractivity contribution is 1.18. The Bertz CT molecular complexity index is 3300. The van der Waals surface area contributed by atoms with E-state index in [1.54, 1.807) is 0 Å². The molecule has 2 aromatic heterocycles. The van der Waals surface area contributed by atoms with Crippen LogP contribution in [0.2, 0.25) is 0 Å². The Morgan fingerprint density at radius 2 is 1.10 bits per heavy atom. The number of fused-ring (bicyclic) bond motifs is 11. The lowest BCUT2D eigenvalue weighted by atomic mass is 9.96. The van der Waals surface area contributed by atoms with Gasteiger partial charge in [-0.3, -0.25) is 0 Å². The molecule has 8 aromatic carbocycles. The highest BCUT2D eigenvalue weighted by Crippen LogP contribution is 2.43. The molecule has 4 heteroatoms. The van der Waals surface area contributed by atoms with Crippen molar-refractivity contribution in [1.82, 2.24) is 9.13 Å². The SMILES string of the molecule is C/C=C\C(=C/C)C/C=C(\N=C(N)c1ccccc1)c1ccc(-n2c3ccccc3c3ccc4c(ccc5ccc6c(c7ccccc7n6-c6ccccc6)c54)c32)cc1.CC. The van der Waals surface area contributed by atoms with Crippen molar-refractivity contribution < 1.29 is 0 Å². The Morgan fingerprint density at radius 3 is 1.82 bits per heavy atom. The number of hydrogen-bond acceptors (Lipinski definition) is 1. The zero-order chi connectivity index (χ0) is 41.2. The molecule has 4 nitrogen and oxygen atoms in total. The van der Waals surface area contributed by atoms with Gasteiger partial charge in [0.25, 0.3) is 0 Å². The summed E-state index contributed by atoms with van der Waals surface area (Å²) in [4.78, 5) is 5.01. The van der Waals surface area contributed by atoms with E-state index in [0.717, 1.165) is 34.6 Å². The van der Waals surface area contributed by atoms with Crippen LogP contribution >= 0.6 is 0 Å². The summed E-state index contributed by atoms with van der Waals surface area (Å²) in [6.45, 7) is 8.12. The van der Waals surface area contributed by atoms with Crippen molar-refractivity contribution >= 4 is 76.7 Å². The average Bonchev–Trinajstić information content (AvgIpc) is 3.84. The summed E-state index contributed by atoms with van der Waals surface area (Å²) in [6.07, 6.45) is 9.28. The minimum absolute atomic E-state index is 0.492. The van der Waals surface area contributed by atoms with E-state index in [4.69, 9.17) is 10.7 Å². The van der Waals surface area contributed by atoms with Gasteiger partial charge in [-0.2, -0.15) is 0 Å². The molecule has 0 fully saturated rings. The molecule has 0 aliphatic heterocycles. The maximum Gasteiger partial charge on any atom is 0.131 e. The van der Waals surface area contributed by atoms with E-state index in [-0.39, 0.29) is 0 Å². The third-order valence-corrected chi connectivity index (χ3v) is 11.5. The normalized spacial score (nSPS) is 12.7. The minimum Gasteiger partial charge on any atom is -0.383 e. The Morgan fingerprint density at radius 1 is 0.517 bits per heavy atom. The van der Waals surface area contributed by atoms with Gasteiger partial charge in [0, 0.05) is 49.4 Å². The van der Waals surface area contributed by atoms with Crippen LogP contribution in [-0.2, 0) is 0 Å². The van der Waals surface area contributed by atoms with E-state index in [1.807, 2.05) is 51.1 Å². The smallest absolute Gasteiger partial charge is 0.131 e. The second-order valence-corrected chi connectivity index (χ2v) is 14.8. The molecule has 0 atom stereocenters. The first-order valence-electron chi connectivity index (χ1n) is 21.0. The Hall–Kier alpha value is -7.43. The molecule has 0 aliphatic rings. The summed E-state index contributed by atoms with van der Waals surface area (Å²) in [5.41, 5.74) is 17.6. The molecule has 10 aromatic rings. The van der Waals surface area contributed by atoms with Crippen molar-refractivity contribution in [3.63, 3.8) is 0 Å². The van der Waals surface area contributed by atoms with Crippen molar-refractivity contribution in [2.45, 2.75) is 34.1 Å². The van der Waals surface area contributed by atoms with Crippen LogP contribution in [-0.4, -0.2) is 15.0 Å². The zero-order valence-corrected chi connectivity index (χ0v) is 34.6. The molecule has 2 N–H and O–H groups in total. The summed E-state index contributed by atoms with van der Waals surface area (Å²) >= 11 is 0. The van der Waals surface area contributed by atoms with Gasteiger partial charge in [-0.1, -0.05) is 166 Å². The molecule has 0 spiro atoms. The van der Waals surface area contributed by atoms with Gasteiger partial charge in [-0.25, -0.2) is 4.99 Å². The fourth-order valence-corrected chi connectivity index (χ4v) is 8.80. The number of amidine groups is 1. The second-order valence-electron chi connectivity index (χ2n) is 14.8. The lowest BCUT2D eigenvalue weighted by Crippen LogP contribution is -2.13. The fourth-order valence-electron chi connectivity index (χ4n) is 8.80. The Balaban J connectivity index is 0.00000228. The number of aliphatic imine (C=N–C) groups is 1. The number of para-hydroxylation sites is 3. The first-order chi connectivity index (χ1) is 29.6. The highest BCUT2D eigenvalue weighted by molar-refractivity contribution is 6.31. The van der Waals surface area contributed by atoms with Crippen molar-refractivity contribution in [3.05, 3.63) is 211 Å². The van der Waals surface area contributed by atoms with Crippen molar-refractivity contribution in [1.29, 1.82) is 0 Å². The Labute approximate surface area is 351 Å². The molecule has 60 heavy (non-hydrogen) atoms. The fraction of sp³-hybridized carbons (Fsp3) is 0.0893. The highest BCUT2D eigenvalue weighted by atomic mass is 15.0.